The molecule has 0 fully saturated rings. The van der Waals surface area contributed by atoms with Gasteiger partial charge in [0.2, 0.25) is 10.0 Å². The molecule has 1 atom stereocenters. The molecule has 5 rings (SSSR count). The summed E-state index contributed by atoms with van der Waals surface area (Å²) in [7, 11) is -3.76. The van der Waals surface area contributed by atoms with Crippen LogP contribution in [-0.4, -0.2) is 25.0 Å². The van der Waals surface area contributed by atoms with E-state index in [1.165, 1.54) is 29.2 Å². The second kappa shape index (κ2) is 8.52. The van der Waals surface area contributed by atoms with E-state index in [9.17, 15) is 18.3 Å². The maximum absolute atomic E-state index is 14.0. The lowest BCUT2D eigenvalue weighted by Gasteiger charge is -2.25. The molecule has 1 heterocycles. The average Bonchev–Trinajstić information content (AvgIpc) is 3.05. The number of carbonyl (C=O) groups excluding carboxylic acids is 1. The number of anilines is 2. The standard InChI is InChI=1S/C28H25BrN2O4S/c1-27(2,3)30-36(34,35)21-14-11-19(12-15-21)28(33)23-8-4-5-9-25(23)31(26(28)32)24-10-6-7-18-17-20(29)13-16-22(18)24/h4-17,30,33H,1-3H3. The number of rotatable bonds is 4. The second-order valence-electron chi connectivity index (χ2n) is 9.89. The molecule has 0 aliphatic carbocycles. The van der Waals surface area contributed by atoms with Crippen molar-refractivity contribution in [1.82, 2.24) is 4.72 Å². The van der Waals surface area contributed by atoms with Crippen molar-refractivity contribution in [2.24, 2.45) is 0 Å². The van der Waals surface area contributed by atoms with Crippen molar-refractivity contribution in [3.8, 4) is 0 Å². The summed E-state index contributed by atoms with van der Waals surface area (Å²) in [6.45, 7) is 5.28. The number of hydrogen-bond acceptors (Lipinski definition) is 4. The van der Waals surface area contributed by atoms with E-state index in [2.05, 4.69) is 20.7 Å². The number of para-hydroxylation sites is 1. The molecule has 184 valence electrons. The molecule has 0 saturated heterocycles. The van der Waals surface area contributed by atoms with E-state index in [0.717, 1.165) is 15.2 Å². The van der Waals surface area contributed by atoms with E-state index in [1.807, 2.05) is 42.5 Å². The summed E-state index contributed by atoms with van der Waals surface area (Å²) in [4.78, 5) is 15.6. The number of halogens is 1. The summed E-state index contributed by atoms with van der Waals surface area (Å²) in [6, 6.07) is 24.4. The number of carbonyl (C=O) groups is 1. The largest absolute Gasteiger partial charge is 0.372 e. The molecule has 0 aromatic heterocycles. The third kappa shape index (κ3) is 4.04. The molecule has 1 aliphatic heterocycles. The SMILES string of the molecule is CC(C)(C)NS(=O)(=O)c1ccc(C2(O)C(=O)N(c3cccc4cc(Br)ccc34)c3ccccc32)cc1. The topological polar surface area (TPSA) is 86.7 Å². The van der Waals surface area contributed by atoms with Gasteiger partial charge in [-0.3, -0.25) is 9.69 Å². The lowest BCUT2D eigenvalue weighted by atomic mass is 9.87. The summed E-state index contributed by atoms with van der Waals surface area (Å²) in [5.41, 5.74) is -0.667. The van der Waals surface area contributed by atoms with E-state index in [1.54, 1.807) is 39.0 Å². The number of sulfonamides is 1. The van der Waals surface area contributed by atoms with Crippen LogP contribution in [0.3, 0.4) is 0 Å². The van der Waals surface area contributed by atoms with Crippen LogP contribution in [-0.2, 0) is 20.4 Å². The molecule has 6 nitrogen and oxygen atoms in total. The first-order valence-corrected chi connectivity index (χ1v) is 13.7. The van der Waals surface area contributed by atoms with Crippen LogP contribution in [0.5, 0.6) is 0 Å². The van der Waals surface area contributed by atoms with Crippen LogP contribution in [0.4, 0.5) is 11.4 Å². The Hall–Kier alpha value is -3.04. The first-order valence-electron chi connectivity index (χ1n) is 11.4. The minimum atomic E-state index is -3.76. The van der Waals surface area contributed by atoms with E-state index in [0.29, 0.717) is 22.5 Å². The lowest BCUT2D eigenvalue weighted by molar-refractivity contribution is -0.131. The van der Waals surface area contributed by atoms with Gasteiger partial charge >= 0.3 is 0 Å². The molecule has 1 unspecified atom stereocenters. The molecule has 0 bridgehead atoms. The number of benzene rings is 4. The predicted octanol–water partition coefficient (Wildman–Crippen LogP) is 5.59. The summed E-state index contributed by atoms with van der Waals surface area (Å²) in [5.74, 6) is -0.525. The van der Waals surface area contributed by atoms with Gasteiger partial charge in [0, 0.05) is 21.0 Å². The zero-order valence-electron chi connectivity index (χ0n) is 20.0. The number of nitrogens with one attached hydrogen (secondary N) is 1. The number of fused-ring (bicyclic) bond motifs is 2. The van der Waals surface area contributed by atoms with Crippen LogP contribution in [0.15, 0.2) is 94.3 Å². The summed E-state index contributed by atoms with van der Waals surface area (Å²) < 4.78 is 29.1. The monoisotopic (exact) mass is 564 g/mol. The Morgan fingerprint density at radius 3 is 2.25 bits per heavy atom. The fourth-order valence-corrected chi connectivity index (χ4v) is 6.45. The van der Waals surface area contributed by atoms with Gasteiger partial charge in [-0.25, -0.2) is 13.1 Å². The predicted molar refractivity (Wildman–Crippen MR) is 145 cm³/mol. The van der Waals surface area contributed by atoms with Crippen LogP contribution >= 0.6 is 15.9 Å². The van der Waals surface area contributed by atoms with Gasteiger partial charge in [0.25, 0.3) is 5.91 Å². The Morgan fingerprint density at radius 1 is 0.889 bits per heavy atom. The van der Waals surface area contributed by atoms with E-state index in [4.69, 9.17) is 0 Å². The molecule has 8 heteroatoms. The van der Waals surface area contributed by atoms with Gasteiger partial charge in [0.15, 0.2) is 5.60 Å². The number of aliphatic hydroxyl groups is 1. The van der Waals surface area contributed by atoms with Crippen LogP contribution in [0.25, 0.3) is 10.8 Å². The van der Waals surface area contributed by atoms with Crippen molar-refractivity contribution in [2.45, 2.75) is 36.8 Å². The van der Waals surface area contributed by atoms with Crippen molar-refractivity contribution < 1.29 is 18.3 Å². The van der Waals surface area contributed by atoms with Crippen molar-refractivity contribution in [3.05, 3.63) is 101 Å². The van der Waals surface area contributed by atoms with Crippen molar-refractivity contribution in [2.75, 3.05) is 4.90 Å². The maximum atomic E-state index is 14.0. The zero-order chi connectivity index (χ0) is 25.9. The molecule has 4 aromatic carbocycles. The molecule has 4 aromatic rings. The van der Waals surface area contributed by atoms with E-state index < -0.39 is 27.1 Å². The van der Waals surface area contributed by atoms with Crippen LogP contribution < -0.4 is 9.62 Å². The minimum Gasteiger partial charge on any atom is -0.372 e. The third-order valence-electron chi connectivity index (χ3n) is 6.13. The Labute approximate surface area is 218 Å². The van der Waals surface area contributed by atoms with Crippen molar-refractivity contribution in [3.63, 3.8) is 0 Å². The van der Waals surface area contributed by atoms with Crippen molar-refractivity contribution >= 4 is 54.0 Å². The van der Waals surface area contributed by atoms with Gasteiger partial charge in [-0.05, 0) is 68.1 Å². The molecular formula is C28H25BrN2O4S. The number of hydrogen-bond donors (Lipinski definition) is 2. The van der Waals surface area contributed by atoms with E-state index in [-0.39, 0.29) is 4.90 Å². The summed E-state index contributed by atoms with van der Waals surface area (Å²) >= 11 is 3.49. The Bertz CT molecular complexity index is 1610. The quantitative estimate of drug-likeness (QED) is 0.338. The Kier molecular flexibility index (Phi) is 5.83. The number of amides is 1. The second-order valence-corrected chi connectivity index (χ2v) is 12.5. The molecule has 1 amide bonds. The van der Waals surface area contributed by atoms with Gasteiger partial charge in [-0.2, -0.15) is 0 Å². The molecule has 1 aliphatic rings. The first kappa shape index (κ1) is 24.6. The summed E-state index contributed by atoms with van der Waals surface area (Å²) in [6.07, 6.45) is 0. The maximum Gasteiger partial charge on any atom is 0.273 e. The Morgan fingerprint density at radius 2 is 1.56 bits per heavy atom. The van der Waals surface area contributed by atoms with Crippen molar-refractivity contribution in [1.29, 1.82) is 0 Å². The Balaban J connectivity index is 1.62. The fourth-order valence-electron chi connectivity index (χ4n) is 4.65. The fraction of sp³-hybridized carbons (Fsp3) is 0.179. The van der Waals surface area contributed by atoms with Gasteiger partial charge in [-0.1, -0.05) is 64.5 Å². The first-order chi connectivity index (χ1) is 16.9. The molecular weight excluding hydrogens is 540 g/mol. The average molecular weight is 565 g/mol. The normalized spacial score (nSPS) is 18.0. The molecule has 0 radical (unpaired) electrons. The highest BCUT2D eigenvalue weighted by Crippen LogP contribution is 2.49. The molecule has 36 heavy (non-hydrogen) atoms. The highest BCUT2D eigenvalue weighted by Gasteiger charge is 2.51. The lowest BCUT2D eigenvalue weighted by Crippen LogP contribution is -2.41. The molecule has 2 N–H and O–H groups in total. The number of nitrogens with zero attached hydrogens (tertiary/aromatic N) is 1. The van der Waals surface area contributed by atoms with Gasteiger partial charge in [0.1, 0.15) is 0 Å². The van der Waals surface area contributed by atoms with Crippen LogP contribution in [0.1, 0.15) is 31.9 Å². The highest BCUT2D eigenvalue weighted by molar-refractivity contribution is 9.10. The highest BCUT2D eigenvalue weighted by atomic mass is 79.9. The van der Waals surface area contributed by atoms with Crippen LogP contribution in [0.2, 0.25) is 0 Å². The molecule has 0 saturated carbocycles. The van der Waals surface area contributed by atoms with Crippen LogP contribution in [0, 0.1) is 0 Å². The minimum absolute atomic E-state index is 0.0555. The third-order valence-corrected chi connectivity index (χ3v) is 8.40. The van der Waals surface area contributed by atoms with E-state index >= 15 is 0 Å². The van der Waals surface area contributed by atoms with Gasteiger partial charge < -0.3 is 5.11 Å². The van der Waals surface area contributed by atoms with Gasteiger partial charge in [0.05, 0.1) is 16.3 Å². The zero-order valence-corrected chi connectivity index (χ0v) is 22.4. The van der Waals surface area contributed by atoms with Gasteiger partial charge in [-0.15, -0.1) is 0 Å². The summed E-state index contributed by atoms with van der Waals surface area (Å²) in [5, 5.41) is 13.8. The smallest absolute Gasteiger partial charge is 0.273 e. The molecule has 0 spiro atoms.